The van der Waals surface area contributed by atoms with Gasteiger partial charge in [-0.3, -0.25) is 0 Å². The van der Waals surface area contributed by atoms with E-state index in [2.05, 4.69) is 82.5 Å². The molecule has 0 fully saturated rings. The third kappa shape index (κ3) is 7.49. The van der Waals surface area contributed by atoms with E-state index in [1.807, 2.05) is 18.2 Å². The summed E-state index contributed by atoms with van der Waals surface area (Å²) in [6.45, 7) is 14.2. The zero-order chi connectivity index (χ0) is 25.2. The van der Waals surface area contributed by atoms with Gasteiger partial charge in [-0.2, -0.15) is 0 Å². The average molecular weight is 483 g/mol. The topological polar surface area (TPSA) is 69.9 Å². The molecule has 2 rings (SSSR count). The molecule has 0 saturated carbocycles. The number of aliphatic hydroxyl groups is 3. The van der Waals surface area contributed by atoms with Crippen molar-refractivity contribution in [3.05, 3.63) is 86.0 Å². The third-order valence-corrected chi connectivity index (χ3v) is 11.3. The minimum Gasteiger partial charge on any atom is -0.404 e. The summed E-state index contributed by atoms with van der Waals surface area (Å²) >= 11 is 0. The molecule has 186 valence electrons. The van der Waals surface area contributed by atoms with Crippen LogP contribution >= 0.6 is 0 Å². The van der Waals surface area contributed by atoms with Crippen molar-refractivity contribution in [2.24, 2.45) is 0 Å². The van der Waals surface area contributed by atoms with Crippen LogP contribution in [0.25, 0.3) is 0 Å². The lowest BCUT2D eigenvalue weighted by Gasteiger charge is -2.45. The van der Waals surface area contributed by atoms with Crippen molar-refractivity contribution in [1.29, 1.82) is 0 Å². The van der Waals surface area contributed by atoms with Crippen LogP contribution in [0.3, 0.4) is 0 Å². The Kier molecular flexibility index (Phi) is 10.9. The van der Waals surface area contributed by atoms with Crippen LogP contribution in [0.1, 0.15) is 52.9 Å². The maximum Gasteiger partial charge on any atom is 0.261 e. The van der Waals surface area contributed by atoms with E-state index in [1.165, 1.54) is 10.4 Å². The summed E-state index contributed by atoms with van der Waals surface area (Å²) in [5.41, 5.74) is 0. The molecule has 0 spiro atoms. The molecule has 0 radical (unpaired) electrons. The normalized spacial score (nSPS) is 15.8. The van der Waals surface area contributed by atoms with Crippen LogP contribution in [0.5, 0.6) is 0 Å². The summed E-state index contributed by atoms with van der Waals surface area (Å²) in [7, 11) is -2.77. The number of hydrogen-bond donors (Lipinski definition) is 3. The van der Waals surface area contributed by atoms with Gasteiger partial charge < -0.3 is 19.7 Å². The summed E-state index contributed by atoms with van der Waals surface area (Å²) in [6, 6.07) is 20.8. The highest BCUT2D eigenvalue weighted by molar-refractivity contribution is 6.99. The molecule has 0 aromatic heterocycles. The van der Waals surface area contributed by atoms with E-state index in [-0.39, 0.29) is 24.0 Å². The zero-order valence-corrected chi connectivity index (χ0v) is 21.9. The maximum atomic E-state index is 10.8. The van der Waals surface area contributed by atoms with Gasteiger partial charge in [-0.1, -0.05) is 93.6 Å². The Bertz CT molecular complexity index is 823. The zero-order valence-electron chi connectivity index (χ0n) is 20.9. The predicted octanol–water partition coefficient (Wildman–Crippen LogP) is 4.34. The highest BCUT2D eigenvalue weighted by Gasteiger charge is 2.51. The Labute approximate surface area is 206 Å². The second kappa shape index (κ2) is 13.2. The van der Waals surface area contributed by atoms with Gasteiger partial charge >= 0.3 is 0 Å². The Balaban J connectivity index is 2.35. The fourth-order valence-corrected chi connectivity index (χ4v) is 9.44. The first-order chi connectivity index (χ1) is 16.1. The fraction of sp³-hybridized carbons (Fsp3) is 0.448. The first kappa shape index (κ1) is 28.2. The molecular formula is C29H42O4Si. The standard InChI is InChI=1S/C29H42O4Si/c1-6-14-23(30)20-24(31)21-25(32)22-26(15-7-2)33-34(29(3,4)5,27-16-10-8-11-17-27)28-18-12-9-13-19-28/h6-13,16-19,23-26,30-32H,1-2,14-15,20-22H2,3-5H3/t23-,24-,25-,26+/m0/s1. The largest absolute Gasteiger partial charge is 0.404 e. The summed E-state index contributed by atoms with van der Waals surface area (Å²) in [4.78, 5) is 0. The van der Waals surface area contributed by atoms with Crippen molar-refractivity contribution in [3.8, 4) is 0 Å². The molecule has 2 aromatic rings. The average Bonchev–Trinajstić information content (AvgIpc) is 2.77. The van der Waals surface area contributed by atoms with Crippen molar-refractivity contribution in [2.45, 2.75) is 82.3 Å². The van der Waals surface area contributed by atoms with E-state index in [0.29, 0.717) is 19.3 Å². The van der Waals surface area contributed by atoms with Crippen LogP contribution in [0, 0.1) is 0 Å². The van der Waals surface area contributed by atoms with E-state index >= 15 is 0 Å². The number of benzene rings is 2. The van der Waals surface area contributed by atoms with Crippen LogP contribution in [-0.2, 0) is 4.43 Å². The molecule has 0 aliphatic heterocycles. The Morgan fingerprint density at radius 3 is 1.62 bits per heavy atom. The molecule has 0 saturated heterocycles. The Morgan fingerprint density at radius 1 is 0.735 bits per heavy atom. The summed E-state index contributed by atoms with van der Waals surface area (Å²) in [6.07, 6.45) is 2.80. The second-order valence-electron chi connectivity index (χ2n) is 10.1. The van der Waals surface area contributed by atoms with E-state index < -0.39 is 26.6 Å². The van der Waals surface area contributed by atoms with Gasteiger partial charge in [0, 0.05) is 0 Å². The molecule has 0 unspecified atom stereocenters. The smallest absolute Gasteiger partial charge is 0.261 e. The lowest BCUT2D eigenvalue weighted by atomic mass is 9.99. The third-order valence-electron chi connectivity index (χ3n) is 6.25. The van der Waals surface area contributed by atoms with Gasteiger partial charge in [-0.05, 0) is 47.5 Å². The number of rotatable bonds is 14. The van der Waals surface area contributed by atoms with Crippen molar-refractivity contribution in [1.82, 2.24) is 0 Å². The SMILES string of the molecule is C=CC[C@H](O)C[C@H](O)C[C@H](O)C[C@@H](CC=C)O[Si](c1ccccc1)(c1ccccc1)C(C)(C)C. The molecule has 34 heavy (non-hydrogen) atoms. The molecule has 4 atom stereocenters. The summed E-state index contributed by atoms with van der Waals surface area (Å²) in [5, 5.41) is 33.4. The molecule has 5 heteroatoms. The maximum absolute atomic E-state index is 10.8. The highest BCUT2D eigenvalue weighted by Crippen LogP contribution is 2.38. The molecule has 0 aliphatic rings. The van der Waals surface area contributed by atoms with Crippen LogP contribution < -0.4 is 10.4 Å². The van der Waals surface area contributed by atoms with Crippen LogP contribution in [-0.4, -0.2) is 48.1 Å². The second-order valence-corrected chi connectivity index (χ2v) is 14.4. The van der Waals surface area contributed by atoms with Crippen LogP contribution in [0.2, 0.25) is 5.04 Å². The molecule has 0 aliphatic carbocycles. The molecule has 4 nitrogen and oxygen atoms in total. The summed E-state index contributed by atoms with van der Waals surface area (Å²) in [5.74, 6) is 0. The van der Waals surface area contributed by atoms with Crippen molar-refractivity contribution in [3.63, 3.8) is 0 Å². The lowest BCUT2D eigenvalue weighted by Crippen LogP contribution is -2.67. The van der Waals surface area contributed by atoms with Gasteiger partial charge in [-0.25, -0.2) is 0 Å². The van der Waals surface area contributed by atoms with E-state index in [1.54, 1.807) is 6.08 Å². The van der Waals surface area contributed by atoms with Gasteiger partial charge in [0.15, 0.2) is 0 Å². The van der Waals surface area contributed by atoms with Crippen molar-refractivity contribution >= 4 is 18.7 Å². The van der Waals surface area contributed by atoms with E-state index in [0.717, 1.165) is 0 Å². The van der Waals surface area contributed by atoms with Crippen LogP contribution in [0.15, 0.2) is 86.0 Å². The van der Waals surface area contributed by atoms with E-state index in [9.17, 15) is 15.3 Å². The number of hydrogen-bond acceptors (Lipinski definition) is 4. The van der Waals surface area contributed by atoms with Crippen molar-refractivity contribution in [2.75, 3.05) is 0 Å². The monoisotopic (exact) mass is 482 g/mol. The molecular weight excluding hydrogens is 440 g/mol. The van der Waals surface area contributed by atoms with Gasteiger partial charge in [-0.15, -0.1) is 13.2 Å². The fourth-order valence-electron chi connectivity index (χ4n) is 4.73. The van der Waals surface area contributed by atoms with Crippen molar-refractivity contribution < 1.29 is 19.7 Å². The molecule has 0 bridgehead atoms. The predicted molar refractivity (Wildman–Crippen MR) is 144 cm³/mol. The van der Waals surface area contributed by atoms with Gasteiger partial charge in [0.2, 0.25) is 0 Å². The molecule has 3 N–H and O–H groups in total. The first-order valence-electron chi connectivity index (χ1n) is 12.2. The van der Waals surface area contributed by atoms with E-state index in [4.69, 9.17) is 4.43 Å². The van der Waals surface area contributed by atoms with Crippen LogP contribution in [0.4, 0.5) is 0 Å². The van der Waals surface area contributed by atoms with Gasteiger partial charge in [0.25, 0.3) is 8.32 Å². The minimum atomic E-state index is -2.77. The molecule has 2 aromatic carbocycles. The first-order valence-corrected chi connectivity index (χ1v) is 14.1. The number of aliphatic hydroxyl groups excluding tert-OH is 3. The lowest BCUT2D eigenvalue weighted by molar-refractivity contribution is 0.0225. The Morgan fingerprint density at radius 2 is 1.18 bits per heavy atom. The molecule has 0 heterocycles. The minimum absolute atomic E-state index is 0.172. The highest BCUT2D eigenvalue weighted by atomic mass is 28.4. The summed E-state index contributed by atoms with van der Waals surface area (Å²) < 4.78 is 7.15. The molecule has 0 amide bonds. The van der Waals surface area contributed by atoms with Gasteiger partial charge in [0.05, 0.1) is 24.4 Å². The quantitative estimate of drug-likeness (QED) is 0.277. The Hall–Kier alpha value is -2.02. The van der Waals surface area contributed by atoms with Gasteiger partial charge in [0.1, 0.15) is 0 Å².